The summed E-state index contributed by atoms with van der Waals surface area (Å²) in [6.45, 7) is -0.913. The summed E-state index contributed by atoms with van der Waals surface area (Å²) < 4.78 is 13.1. The summed E-state index contributed by atoms with van der Waals surface area (Å²) in [4.78, 5) is 12.9. The normalized spacial score (nSPS) is 12.8. The third-order valence-corrected chi connectivity index (χ3v) is 1.41. The molecule has 0 spiro atoms. The van der Waals surface area contributed by atoms with Crippen molar-refractivity contribution < 1.29 is 14.4 Å². The number of alkyl halides is 1. The molecule has 6 nitrogen and oxygen atoms in total. The molecule has 1 N–H and O–H groups in total. The molecule has 0 aliphatic carbocycles. The highest BCUT2D eigenvalue weighted by molar-refractivity contribution is 5.12. The Hall–Kier alpha value is -1.50. The van der Waals surface area contributed by atoms with Crippen molar-refractivity contribution in [3.8, 4) is 0 Å². The predicted octanol–water partition coefficient (Wildman–Crippen LogP) is 0.122. The number of hydrogen-bond acceptors (Lipinski definition) is 4. The maximum absolute atomic E-state index is 11.8. The molecule has 0 radical (unpaired) electrons. The monoisotopic (exact) mass is 189 g/mol. The van der Waals surface area contributed by atoms with Crippen LogP contribution in [-0.2, 0) is 6.54 Å². The van der Waals surface area contributed by atoms with Crippen molar-refractivity contribution in [3.05, 3.63) is 22.6 Å². The van der Waals surface area contributed by atoms with E-state index in [9.17, 15) is 14.5 Å². The van der Waals surface area contributed by atoms with Gasteiger partial charge in [0.15, 0.2) is 0 Å². The zero-order valence-electron chi connectivity index (χ0n) is 6.63. The first kappa shape index (κ1) is 9.59. The van der Waals surface area contributed by atoms with Gasteiger partial charge in [0.2, 0.25) is 6.33 Å². The minimum Gasteiger partial charge on any atom is -0.389 e. The number of hydrogen-bond donors (Lipinski definition) is 1. The van der Waals surface area contributed by atoms with Crippen LogP contribution in [0, 0.1) is 10.1 Å². The standard InChI is InChI=1S/C6H8FN3O3/c7-1-5(11)2-9-3-6(8-4-9)10(12)13/h3-5,11H,1-2H2. The molecule has 0 aromatic carbocycles. The Labute approximate surface area is 72.8 Å². The van der Waals surface area contributed by atoms with E-state index in [4.69, 9.17) is 5.11 Å². The molecule has 0 amide bonds. The van der Waals surface area contributed by atoms with Crippen LogP contribution in [-0.4, -0.2) is 32.4 Å². The molecular weight excluding hydrogens is 181 g/mol. The second kappa shape index (κ2) is 3.94. The molecule has 1 aromatic rings. The van der Waals surface area contributed by atoms with Gasteiger partial charge in [-0.15, -0.1) is 0 Å². The first-order chi connectivity index (χ1) is 6.13. The van der Waals surface area contributed by atoms with Crippen molar-refractivity contribution in [1.82, 2.24) is 9.55 Å². The van der Waals surface area contributed by atoms with Crippen LogP contribution in [0.5, 0.6) is 0 Å². The zero-order valence-corrected chi connectivity index (χ0v) is 6.63. The maximum atomic E-state index is 11.8. The van der Waals surface area contributed by atoms with Crippen LogP contribution >= 0.6 is 0 Å². The molecule has 1 heterocycles. The maximum Gasteiger partial charge on any atom is 0.381 e. The Morgan fingerprint density at radius 3 is 3.00 bits per heavy atom. The van der Waals surface area contributed by atoms with Crippen molar-refractivity contribution >= 4 is 5.82 Å². The second-order valence-corrected chi connectivity index (χ2v) is 2.49. The number of halogens is 1. The van der Waals surface area contributed by atoms with Crippen LogP contribution in [0.2, 0.25) is 0 Å². The third-order valence-electron chi connectivity index (χ3n) is 1.41. The SMILES string of the molecule is O=[N+]([O-])c1cn(CC(O)CF)cn1. The van der Waals surface area contributed by atoms with Gasteiger partial charge in [-0.2, -0.15) is 0 Å². The number of nitro groups is 1. The van der Waals surface area contributed by atoms with Crippen molar-refractivity contribution in [2.75, 3.05) is 6.67 Å². The number of imidazole rings is 1. The van der Waals surface area contributed by atoms with E-state index in [1.807, 2.05) is 0 Å². The molecule has 1 unspecified atom stereocenters. The summed E-state index contributed by atoms with van der Waals surface area (Å²) in [5, 5.41) is 19.0. The molecule has 7 heteroatoms. The number of aliphatic hydroxyl groups is 1. The van der Waals surface area contributed by atoms with Crippen LogP contribution in [0.4, 0.5) is 10.2 Å². The molecule has 0 bridgehead atoms. The Kier molecular flexibility index (Phi) is 2.91. The average molecular weight is 189 g/mol. The smallest absolute Gasteiger partial charge is 0.381 e. The van der Waals surface area contributed by atoms with Crippen molar-refractivity contribution in [2.24, 2.45) is 0 Å². The van der Waals surface area contributed by atoms with E-state index in [1.165, 1.54) is 10.9 Å². The van der Waals surface area contributed by atoms with Crippen LogP contribution in [0.3, 0.4) is 0 Å². The fraction of sp³-hybridized carbons (Fsp3) is 0.500. The minimum absolute atomic E-state index is 0.0304. The Balaban J connectivity index is 2.64. The molecule has 0 saturated carbocycles. The minimum atomic E-state index is -1.14. The summed E-state index contributed by atoms with van der Waals surface area (Å²) in [6, 6.07) is 0. The molecule has 1 aromatic heterocycles. The average Bonchev–Trinajstić information content (AvgIpc) is 2.52. The lowest BCUT2D eigenvalue weighted by Crippen LogP contribution is -2.16. The lowest BCUT2D eigenvalue weighted by atomic mass is 10.4. The Bertz CT molecular complexity index is 301. The van der Waals surface area contributed by atoms with Gasteiger partial charge < -0.3 is 19.8 Å². The van der Waals surface area contributed by atoms with Gasteiger partial charge in [0.1, 0.15) is 19.0 Å². The van der Waals surface area contributed by atoms with E-state index in [0.717, 1.165) is 6.20 Å². The Morgan fingerprint density at radius 1 is 1.85 bits per heavy atom. The second-order valence-electron chi connectivity index (χ2n) is 2.49. The molecule has 0 aliphatic rings. The molecule has 13 heavy (non-hydrogen) atoms. The van der Waals surface area contributed by atoms with Crippen LogP contribution in [0.25, 0.3) is 0 Å². The summed E-state index contributed by atoms with van der Waals surface area (Å²) in [5.41, 5.74) is 0. The van der Waals surface area contributed by atoms with E-state index >= 15 is 0 Å². The summed E-state index contributed by atoms with van der Waals surface area (Å²) in [6.07, 6.45) is 1.17. The van der Waals surface area contributed by atoms with E-state index in [0.29, 0.717) is 0 Å². The van der Waals surface area contributed by atoms with Gasteiger partial charge in [-0.1, -0.05) is 0 Å². The molecule has 72 valence electrons. The summed E-state index contributed by atoms with van der Waals surface area (Å²) in [7, 11) is 0. The lowest BCUT2D eigenvalue weighted by Gasteiger charge is -2.03. The highest BCUT2D eigenvalue weighted by Crippen LogP contribution is 2.06. The quantitative estimate of drug-likeness (QED) is 0.538. The summed E-state index contributed by atoms with van der Waals surface area (Å²) >= 11 is 0. The first-order valence-corrected chi connectivity index (χ1v) is 3.53. The lowest BCUT2D eigenvalue weighted by molar-refractivity contribution is -0.389. The van der Waals surface area contributed by atoms with Gasteiger partial charge in [0.05, 0.1) is 6.54 Å². The van der Waals surface area contributed by atoms with Crippen LogP contribution in [0.15, 0.2) is 12.5 Å². The van der Waals surface area contributed by atoms with E-state index in [2.05, 4.69) is 4.98 Å². The van der Waals surface area contributed by atoms with Gasteiger partial charge in [-0.05, 0) is 9.91 Å². The van der Waals surface area contributed by atoms with Crippen LogP contribution < -0.4 is 0 Å². The van der Waals surface area contributed by atoms with Crippen molar-refractivity contribution in [1.29, 1.82) is 0 Å². The number of nitrogens with zero attached hydrogens (tertiary/aromatic N) is 3. The fourth-order valence-electron chi connectivity index (χ4n) is 0.835. The summed E-state index contributed by atoms with van der Waals surface area (Å²) in [5.74, 6) is -0.314. The number of rotatable bonds is 4. The van der Waals surface area contributed by atoms with Gasteiger partial charge in [0.25, 0.3) is 0 Å². The largest absolute Gasteiger partial charge is 0.389 e. The van der Waals surface area contributed by atoms with E-state index in [-0.39, 0.29) is 12.4 Å². The zero-order chi connectivity index (χ0) is 9.84. The number of aromatic nitrogens is 2. The highest BCUT2D eigenvalue weighted by atomic mass is 19.1. The molecular formula is C6H8FN3O3. The molecule has 0 aliphatic heterocycles. The van der Waals surface area contributed by atoms with E-state index in [1.54, 1.807) is 0 Å². The van der Waals surface area contributed by atoms with Crippen molar-refractivity contribution in [3.63, 3.8) is 0 Å². The van der Waals surface area contributed by atoms with Gasteiger partial charge in [-0.25, -0.2) is 4.39 Å². The molecule has 1 rings (SSSR count). The van der Waals surface area contributed by atoms with Gasteiger partial charge >= 0.3 is 5.82 Å². The number of aliphatic hydroxyl groups excluding tert-OH is 1. The highest BCUT2D eigenvalue weighted by Gasteiger charge is 2.11. The Morgan fingerprint density at radius 2 is 2.54 bits per heavy atom. The van der Waals surface area contributed by atoms with Crippen molar-refractivity contribution in [2.45, 2.75) is 12.6 Å². The fourth-order valence-corrected chi connectivity index (χ4v) is 0.835. The molecule has 0 fully saturated rings. The molecule has 0 saturated heterocycles. The topological polar surface area (TPSA) is 81.2 Å². The molecule has 1 atom stereocenters. The van der Waals surface area contributed by atoms with Gasteiger partial charge in [-0.3, -0.25) is 0 Å². The third kappa shape index (κ3) is 2.48. The predicted molar refractivity (Wildman–Crippen MR) is 40.9 cm³/mol. The van der Waals surface area contributed by atoms with E-state index < -0.39 is 17.7 Å². The first-order valence-electron chi connectivity index (χ1n) is 3.53. The van der Waals surface area contributed by atoms with Crippen LogP contribution in [0.1, 0.15) is 0 Å². The van der Waals surface area contributed by atoms with Gasteiger partial charge in [0, 0.05) is 0 Å².